The van der Waals surface area contributed by atoms with E-state index < -0.39 is 16.6 Å². The molecule has 12 fully saturated rings. The molecule has 15 heteroatoms. The molecule has 390 valence electrons. The Kier molecular flexibility index (Phi) is 16.7. The van der Waals surface area contributed by atoms with Crippen LogP contribution >= 0.6 is 0 Å². The number of carbonyl (C=O) groups is 3. The molecule has 18 unspecified atom stereocenters. The van der Waals surface area contributed by atoms with Crippen molar-refractivity contribution in [3.63, 3.8) is 0 Å². The molecule has 0 N–H and O–H groups in total. The number of hydrogen-bond acceptors (Lipinski definition) is 13. The largest absolute Gasteiger partial charge is 0.465 e. The summed E-state index contributed by atoms with van der Waals surface area (Å²) < 4.78 is 56.5. The van der Waals surface area contributed by atoms with Gasteiger partial charge in [0.25, 0.3) is 0 Å². The van der Waals surface area contributed by atoms with Crippen LogP contribution in [0, 0.1) is 35.5 Å². The van der Waals surface area contributed by atoms with E-state index in [2.05, 4.69) is 26.2 Å². The summed E-state index contributed by atoms with van der Waals surface area (Å²) in [7, 11) is -3.05. The van der Waals surface area contributed by atoms with Gasteiger partial charge in [-0.1, -0.05) is 12.8 Å². The Morgan fingerprint density at radius 2 is 0.710 bits per heavy atom. The third-order valence-corrected chi connectivity index (χ3v) is 25.6. The Balaban J connectivity index is 0.000000122. The number of epoxide rings is 6. The van der Waals surface area contributed by atoms with Crippen LogP contribution in [0.15, 0.2) is 0 Å². The fraction of sp³-hybridized carbons (Fsp3) is 0.944. The molecule has 6 saturated carbocycles. The molecular weight excluding hydrogens is 913 g/mol. The Bertz CT molecular complexity index is 1660. The van der Waals surface area contributed by atoms with Gasteiger partial charge in [-0.15, -0.1) is 0 Å². The van der Waals surface area contributed by atoms with Gasteiger partial charge < -0.3 is 46.7 Å². The quantitative estimate of drug-likeness (QED) is 0.0373. The van der Waals surface area contributed by atoms with Crippen LogP contribution in [0.4, 0.5) is 0 Å². The van der Waals surface area contributed by atoms with Gasteiger partial charge in [0.05, 0.1) is 99.0 Å². The highest BCUT2D eigenvalue weighted by Crippen LogP contribution is 2.45. The lowest BCUT2D eigenvalue weighted by Crippen LogP contribution is -2.44. The molecule has 0 spiro atoms. The SMILES string of the molecule is C[Si](C)(CCC1CCC2OC2C1)O[Si](C)(C)CCC1CCC2OC2C1.O=C(CCCCC(=O)OCC1CCC2OC2C1)OCC1CCC2OC2C1.O=C(OCC1CCC2OC2C1)C1CCC2OC2C1. The van der Waals surface area contributed by atoms with E-state index in [-0.39, 0.29) is 23.8 Å². The molecule has 6 saturated heterocycles. The van der Waals surface area contributed by atoms with Gasteiger partial charge >= 0.3 is 17.9 Å². The number of unbranched alkanes of at least 4 members (excludes halogenated alkanes) is 1. The van der Waals surface area contributed by atoms with E-state index >= 15 is 0 Å². The van der Waals surface area contributed by atoms with E-state index in [9.17, 15) is 14.4 Å². The lowest BCUT2D eigenvalue weighted by molar-refractivity contribution is -0.151. The van der Waals surface area contributed by atoms with Gasteiger partial charge in [0.1, 0.15) is 0 Å². The standard InChI is InChI=1S/C20H30O6.C20H38O3Si2.C14H20O4/c21-19(23-11-13-5-7-15-17(9-13)25-15)3-1-2-4-20(22)24-12-14-6-8-16-18(10-14)26-16;1-24(2,11-9-15-5-7-17-19(13-15)21-17)23-25(3,4)12-10-16-6-8-18-20(14-16)22-18;15-14(9-2-4-11-13(6-9)18-11)16-7-8-1-3-10-12(5-8)17-10/h13-18H,1-12H2;15-20H,5-14H2,1-4H3;8-13H,1-7H2. The lowest BCUT2D eigenvalue weighted by atomic mass is 9.88. The second-order valence-electron chi connectivity index (χ2n) is 25.1. The van der Waals surface area contributed by atoms with E-state index in [0.717, 1.165) is 88.9 Å². The summed E-state index contributed by atoms with van der Waals surface area (Å²) in [6.45, 7) is 11.5. The highest BCUT2D eigenvalue weighted by Gasteiger charge is 2.49. The van der Waals surface area contributed by atoms with Crippen molar-refractivity contribution in [1.82, 2.24) is 0 Å². The fourth-order valence-electron chi connectivity index (χ4n) is 13.4. The molecule has 0 amide bonds. The monoisotopic (exact) mass is 1000 g/mol. The molecule has 18 atom stereocenters. The first-order chi connectivity index (χ1) is 33.3. The van der Waals surface area contributed by atoms with Crippen molar-refractivity contribution in [1.29, 1.82) is 0 Å². The Hall–Kier alpha value is -1.44. The zero-order chi connectivity index (χ0) is 47.7. The van der Waals surface area contributed by atoms with Crippen molar-refractivity contribution in [2.45, 2.75) is 266 Å². The minimum atomic E-state index is -1.53. The smallest absolute Gasteiger partial charge is 0.309 e. The molecule has 6 aliphatic carbocycles. The van der Waals surface area contributed by atoms with E-state index in [4.69, 9.17) is 46.7 Å². The second kappa shape index (κ2) is 22.6. The Morgan fingerprint density at radius 3 is 1.07 bits per heavy atom. The van der Waals surface area contributed by atoms with Gasteiger partial charge in [-0.05, 0) is 196 Å². The zero-order valence-electron chi connectivity index (χ0n) is 42.7. The van der Waals surface area contributed by atoms with E-state index in [0.29, 0.717) is 137 Å². The van der Waals surface area contributed by atoms with Crippen molar-refractivity contribution in [3.8, 4) is 0 Å². The summed E-state index contributed by atoms with van der Waals surface area (Å²) in [6.07, 6.45) is 31.7. The predicted molar refractivity (Wildman–Crippen MR) is 262 cm³/mol. The van der Waals surface area contributed by atoms with Crippen LogP contribution in [-0.2, 0) is 61.1 Å². The second-order valence-corrected chi connectivity index (χ2v) is 33.9. The highest BCUT2D eigenvalue weighted by atomic mass is 28.4. The van der Waals surface area contributed by atoms with Crippen molar-refractivity contribution in [3.05, 3.63) is 0 Å². The minimum absolute atomic E-state index is 0.00258. The zero-order valence-corrected chi connectivity index (χ0v) is 44.7. The van der Waals surface area contributed by atoms with Crippen LogP contribution in [0.2, 0.25) is 38.3 Å². The number of fused-ring (bicyclic) bond motifs is 6. The molecule has 12 rings (SSSR count). The summed E-state index contributed by atoms with van der Waals surface area (Å²) >= 11 is 0. The average Bonchev–Trinajstić information content (AvgIpc) is 4.11. The van der Waals surface area contributed by atoms with E-state index in [1.54, 1.807) is 0 Å². The topological polar surface area (TPSA) is 163 Å². The number of ether oxygens (including phenoxy) is 9. The van der Waals surface area contributed by atoms with Crippen LogP contribution in [0.5, 0.6) is 0 Å². The third kappa shape index (κ3) is 15.8. The van der Waals surface area contributed by atoms with Crippen molar-refractivity contribution >= 4 is 34.5 Å². The molecule has 12 aliphatic rings. The first-order valence-corrected chi connectivity index (χ1v) is 34.6. The number of esters is 3. The Morgan fingerprint density at radius 1 is 0.391 bits per heavy atom. The van der Waals surface area contributed by atoms with Crippen molar-refractivity contribution in [2.75, 3.05) is 19.8 Å². The first-order valence-electron chi connectivity index (χ1n) is 28.4. The van der Waals surface area contributed by atoms with Gasteiger partial charge in [0.15, 0.2) is 16.6 Å². The summed E-state index contributed by atoms with van der Waals surface area (Å²) in [6, 6.07) is 2.68. The molecule has 0 radical (unpaired) electrons. The minimum Gasteiger partial charge on any atom is -0.465 e. The summed E-state index contributed by atoms with van der Waals surface area (Å²) in [5, 5.41) is 0. The van der Waals surface area contributed by atoms with Gasteiger partial charge in [-0.25, -0.2) is 0 Å². The van der Waals surface area contributed by atoms with Crippen LogP contribution in [0.3, 0.4) is 0 Å². The summed E-state index contributed by atoms with van der Waals surface area (Å²) in [5.41, 5.74) is 0. The fourth-order valence-corrected chi connectivity index (χ4v) is 22.4. The Labute approximate surface area is 415 Å². The normalized spacial score (nSPS) is 41.4. The molecule has 69 heavy (non-hydrogen) atoms. The number of hydrogen-bond donors (Lipinski definition) is 0. The lowest BCUT2D eigenvalue weighted by Gasteiger charge is -2.36. The molecule has 0 aromatic carbocycles. The van der Waals surface area contributed by atoms with Crippen LogP contribution < -0.4 is 0 Å². The highest BCUT2D eigenvalue weighted by molar-refractivity contribution is 6.84. The molecule has 0 aromatic heterocycles. The van der Waals surface area contributed by atoms with Gasteiger partial charge in [-0.2, -0.15) is 0 Å². The third-order valence-electron chi connectivity index (χ3n) is 18.2. The van der Waals surface area contributed by atoms with Gasteiger partial charge in [0.2, 0.25) is 0 Å². The molecule has 0 bridgehead atoms. The maximum absolute atomic E-state index is 12.0. The van der Waals surface area contributed by atoms with E-state index in [1.807, 2.05) is 0 Å². The van der Waals surface area contributed by atoms with Crippen molar-refractivity contribution < 1.29 is 61.1 Å². The number of rotatable bonds is 20. The molecule has 6 heterocycles. The summed E-state index contributed by atoms with van der Waals surface area (Å²) in [5.74, 6) is 3.01. The molecular formula is C54H88O13Si2. The average molecular weight is 1000 g/mol. The van der Waals surface area contributed by atoms with Crippen molar-refractivity contribution in [2.24, 2.45) is 35.5 Å². The number of carbonyl (C=O) groups excluding carboxylic acids is 3. The molecule has 0 aromatic rings. The predicted octanol–water partition coefficient (Wildman–Crippen LogP) is 9.76. The van der Waals surface area contributed by atoms with E-state index in [1.165, 1.54) is 63.5 Å². The van der Waals surface area contributed by atoms with Crippen LogP contribution in [0.1, 0.15) is 154 Å². The maximum Gasteiger partial charge on any atom is 0.309 e. The van der Waals surface area contributed by atoms with Gasteiger partial charge in [0, 0.05) is 12.8 Å². The first kappa shape index (κ1) is 51.1. The van der Waals surface area contributed by atoms with Crippen LogP contribution in [-0.4, -0.2) is 128 Å². The van der Waals surface area contributed by atoms with Gasteiger partial charge in [-0.3, -0.25) is 14.4 Å². The molecule has 6 aliphatic heterocycles. The molecule has 13 nitrogen and oxygen atoms in total. The maximum atomic E-state index is 12.0. The summed E-state index contributed by atoms with van der Waals surface area (Å²) in [4.78, 5) is 35.6. The van der Waals surface area contributed by atoms with Crippen LogP contribution in [0.25, 0.3) is 0 Å².